The third-order valence-electron chi connectivity index (χ3n) is 5.72. The zero-order valence-corrected chi connectivity index (χ0v) is 19.4. The van der Waals surface area contributed by atoms with Crippen molar-refractivity contribution in [2.75, 3.05) is 12.3 Å². The van der Waals surface area contributed by atoms with Crippen molar-refractivity contribution >= 4 is 29.0 Å². The molecule has 1 amide bonds. The van der Waals surface area contributed by atoms with E-state index in [0.717, 1.165) is 42.4 Å². The van der Waals surface area contributed by atoms with E-state index in [9.17, 15) is 4.79 Å². The van der Waals surface area contributed by atoms with Crippen molar-refractivity contribution in [2.24, 2.45) is 0 Å². The highest BCUT2D eigenvalue weighted by Crippen LogP contribution is 2.37. The summed E-state index contributed by atoms with van der Waals surface area (Å²) in [5, 5.41) is 9.73. The minimum Gasteiger partial charge on any atom is -0.334 e. The van der Waals surface area contributed by atoms with Crippen LogP contribution in [-0.4, -0.2) is 37.9 Å². The Balaban J connectivity index is 1.50. The summed E-state index contributed by atoms with van der Waals surface area (Å²) in [6, 6.07) is 15.0. The first-order valence-electron chi connectivity index (χ1n) is 10.6. The van der Waals surface area contributed by atoms with E-state index in [4.69, 9.17) is 0 Å². The molecule has 1 saturated heterocycles. The van der Waals surface area contributed by atoms with E-state index in [1.165, 1.54) is 21.5 Å². The summed E-state index contributed by atoms with van der Waals surface area (Å²) in [7, 11) is 0. The summed E-state index contributed by atoms with van der Waals surface area (Å²) in [6.45, 7) is 7.31. The topological polar surface area (TPSA) is 51.0 Å². The van der Waals surface area contributed by atoms with Crippen LogP contribution in [-0.2, 0) is 4.79 Å². The molecule has 2 unspecified atom stereocenters. The number of amides is 1. The fourth-order valence-corrected chi connectivity index (χ4v) is 5.89. The Morgan fingerprint density at radius 2 is 2.03 bits per heavy atom. The van der Waals surface area contributed by atoms with Crippen LogP contribution in [0.15, 0.2) is 47.6 Å². The molecule has 3 heterocycles. The largest absolute Gasteiger partial charge is 0.334 e. The van der Waals surface area contributed by atoms with Crippen LogP contribution in [0.4, 0.5) is 0 Å². The van der Waals surface area contributed by atoms with Crippen LogP contribution in [0.3, 0.4) is 0 Å². The highest BCUT2D eigenvalue weighted by Gasteiger charge is 2.31. The van der Waals surface area contributed by atoms with Crippen molar-refractivity contribution in [1.82, 2.24) is 19.7 Å². The number of hydrogen-bond acceptors (Lipinski definition) is 5. The normalized spacial score (nSPS) is 17.4. The van der Waals surface area contributed by atoms with Gasteiger partial charge in [0.15, 0.2) is 11.0 Å². The molecule has 30 heavy (non-hydrogen) atoms. The Morgan fingerprint density at radius 1 is 1.23 bits per heavy atom. The number of aromatic nitrogens is 3. The summed E-state index contributed by atoms with van der Waals surface area (Å²) in [4.78, 5) is 17.7. The fourth-order valence-electron chi connectivity index (χ4n) is 3.94. The highest BCUT2D eigenvalue weighted by atomic mass is 32.2. The lowest BCUT2D eigenvalue weighted by molar-refractivity contribution is -0.129. The van der Waals surface area contributed by atoms with Crippen LogP contribution >= 0.6 is 23.1 Å². The molecule has 0 spiro atoms. The lowest BCUT2D eigenvalue weighted by Gasteiger charge is -2.24. The van der Waals surface area contributed by atoms with E-state index in [-0.39, 0.29) is 18.0 Å². The van der Waals surface area contributed by atoms with Crippen molar-refractivity contribution in [1.29, 1.82) is 0 Å². The Hall–Kier alpha value is -2.12. The molecule has 1 fully saturated rings. The molecule has 0 saturated carbocycles. The van der Waals surface area contributed by atoms with Crippen LogP contribution < -0.4 is 0 Å². The second-order valence-corrected chi connectivity index (χ2v) is 10.0. The van der Waals surface area contributed by atoms with Crippen molar-refractivity contribution < 1.29 is 4.79 Å². The summed E-state index contributed by atoms with van der Waals surface area (Å²) < 4.78 is 2.18. The monoisotopic (exact) mass is 440 g/mol. The van der Waals surface area contributed by atoms with E-state index in [1.807, 2.05) is 18.2 Å². The third kappa shape index (κ3) is 4.32. The maximum Gasteiger partial charge on any atom is 0.233 e. The smallest absolute Gasteiger partial charge is 0.233 e. The number of likely N-dealkylation sites (tertiary alicyclic amines) is 1. The first-order valence-corrected chi connectivity index (χ1v) is 12.4. The van der Waals surface area contributed by atoms with E-state index < -0.39 is 0 Å². The van der Waals surface area contributed by atoms with Gasteiger partial charge in [-0.3, -0.25) is 9.36 Å². The molecule has 4 rings (SSSR count). The zero-order chi connectivity index (χ0) is 21.1. The molecule has 2 atom stereocenters. The Kier molecular flexibility index (Phi) is 6.58. The molecule has 0 bridgehead atoms. The standard InChI is InChI=1S/C23H28N4OS2/c1-4-16(2)27-22(18-9-6-5-7-10-18)24-25-23(27)29-15-21(28)26-14-8-11-19(26)20-13-12-17(3)30-20/h5-7,9-10,12-13,16,19H,4,8,11,14-15H2,1-3H3. The molecule has 1 aromatic carbocycles. The van der Waals surface area contributed by atoms with Gasteiger partial charge in [0.25, 0.3) is 0 Å². The molecule has 0 radical (unpaired) electrons. The fraction of sp³-hybridized carbons (Fsp3) is 0.435. The predicted octanol–water partition coefficient (Wildman–Crippen LogP) is 5.74. The van der Waals surface area contributed by atoms with Gasteiger partial charge in [-0.25, -0.2) is 0 Å². The SMILES string of the molecule is CCC(C)n1c(SCC(=O)N2CCCC2c2ccc(C)s2)nnc1-c1ccccc1. The molecule has 3 aromatic rings. The number of thioether (sulfide) groups is 1. The molecule has 1 aliphatic rings. The van der Waals surface area contributed by atoms with Crippen LogP contribution in [0.5, 0.6) is 0 Å². The summed E-state index contributed by atoms with van der Waals surface area (Å²) >= 11 is 3.31. The van der Waals surface area contributed by atoms with Crippen molar-refractivity contribution in [3.05, 3.63) is 52.2 Å². The minimum absolute atomic E-state index is 0.188. The van der Waals surface area contributed by atoms with Gasteiger partial charge >= 0.3 is 0 Å². The second-order valence-electron chi connectivity index (χ2n) is 7.78. The number of carbonyl (C=O) groups excluding carboxylic acids is 1. The molecule has 2 aromatic heterocycles. The Bertz CT molecular complexity index is 998. The molecular weight excluding hydrogens is 412 g/mol. The minimum atomic E-state index is 0.188. The summed E-state index contributed by atoms with van der Waals surface area (Å²) in [5.74, 6) is 1.45. The van der Waals surface area contributed by atoms with E-state index in [2.05, 4.69) is 64.7 Å². The molecule has 0 aliphatic carbocycles. The number of nitrogens with zero attached hydrogens (tertiary/aromatic N) is 4. The maximum atomic E-state index is 13.1. The summed E-state index contributed by atoms with van der Waals surface area (Å²) in [6.07, 6.45) is 3.10. The average molecular weight is 441 g/mol. The van der Waals surface area contributed by atoms with Gasteiger partial charge in [-0.1, -0.05) is 49.0 Å². The van der Waals surface area contributed by atoms with Crippen molar-refractivity contribution in [3.63, 3.8) is 0 Å². The summed E-state index contributed by atoms with van der Waals surface area (Å²) in [5.41, 5.74) is 1.05. The number of benzene rings is 1. The van der Waals surface area contributed by atoms with Crippen LogP contribution in [0.2, 0.25) is 0 Å². The number of aryl methyl sites for hydroxylation is 1. The van der Waals surface area contributed by atoms with Crippen molar-refractivity contribution in [2.45, 2.75) is 57.3 Å². The molecule has 7 heteroatoms. The van der Waals surface area contributed by atoms with Gasteiger partial charge in [0.05, 0.1) is 11.8 Å². The quantitative estimate of drug-likeness (QED) is 0.440. The molecule has 1 aliphatic heterocycles. The lowest BCUT2D eigenvalue weighted by Crippen LogP contribution is -2.31. The Morgan fingerprint density at radius 3 is 2.73 bits per heavy atom. The van der Waals surface area contributed by atoms with Gasteiger partial charge in [0.2, 0.25) is 5.91 Å². The molecule has 158 valence electrons. The predicted molar refractivity (Wildman–Crippen MR) is 124 cm³/mol. The number of rotatable bonds is 7. The second kappa shape index (κ2) is 9.35. The van der Waals surface area contributed by atoms with Crippen molar-refractivity contribution in [3.8, 4) is 11.4 Å². The number of thiophene rings is 1. The molecule has 0 N–H and O–H groups in total. The van der Waals surface area contributed by atoms with Gasteiger partial charge in [0, 0.05) is 27.9 Å². The molecule has 5 nitrogen and oxygen atoms in total. The lowest BCUT2D eigenvalue weighted by atomic mass is 10.2. The van der Waals surface area contributed by atoms with E-state index in [0.29, 0.717) is 5.75 Å². The van der Waals surface area contributed by atoms with Gasteiger partial charge in [-0.2, -0.15) is 0 Å². The van der Waals surface area contributed by atoms with Crippen LogP contribution in [0.1, 0.15) is 54.9 Å². The first kappa shape index (κ1) is 21.1. The first-order chi connectivity index (χ1) is 14.6. The Labute approximate surface area is 186 Å². The maximum absolute atomic E-state index is 13.1. The average Bonchev–Trinajstić information content (AvgIpc) is 3.51. The van der Waals surface area contributed by atoms with Gasteiger partial charge < -0.3 is 4.90 Å². The van der Waals surface area contributed by atoms with E-state index in [1.54, 1.807) is 11.3 Å². The number of carbonyl (C=O) groups is 1. The van der Waals surface area contributed by atoms with E-state index >= 15 is 0 Å². The van der Waals surface area contributed by atoms with Crippen LogP contribution in [0, 0.1) is 6.92 Å². The van der Waals surface area contributed by atoms with Gasteiger partial charge in [-0.15, -0.1) is 21.5 Å². The third-order valence-corrected chi connectivity index (χ3v) is 7.75. The number of hydrogen-bond donors (Lipinski definition) is 0. The highest BCUT2D eigenvalue weighted by molar-refractivity contribution is 7.99. The molecular formula is C23H28N4OS2. The van der Waals surface area contributed by atoms with Crippen LogP contribution in [0.25, 0.3) is 11.4 Å². The van der Waals surface area contributed by atoms with Gasteiger partial charge in [-0.05, 0) is 45.2 Å². The van der Waals surface area contributed by atoms with Gasteiger partial charge in [0.1, 0.15) is 0 Å². The zero-order valence-electron chi connectivity index (χ0n) is 17.7.